The molecule has 0 nitrogen and oxygen atoms in total. The van der Waals surface area contributed by atoms with Gasteiger partial charge in [-0.2, -0.15) is 11.8 Å². The van der Waals surface area contributed by atoms with Crippen molar-refractivity contribution < 1.29 is 0 Å². The van der Waals surface area contributed by atoms with Crippen LogP contribution >= 0.6 is 11.8 Å². The van der Waals surface area contributed by atoms with Crippen LogP contribution in [0, 0.1) is 0 Å². The van der Waals surface area contributed by atoms with Crippen molar-refractivity contribution in [2.24, 2.45) is 0 Å². The molecule has 0 aromatic heterocycles. The maximum absolute atomic E-state index is 2.33. The van der Waals surface area contributed by atoms with Crippen LogP contribution in [-0.4, -0.2) is 19.9 Å². The summed E-state index contributed by atoms with van der Waals surface area (Å²) in [6.07, 6.45) is 10.0. The molecule has 0 bridgehead atoms. The van der Waals surface area contributed by atoms with E-state index in [4.69, 9.17) is 0 Å². The molecule has 0 rings (SSSR count). The van der Waals surface area contributed by atoms with Gasteiger partial charge < -0.3 is 0 Å². The topological polar surface area (TPSA) is 0 Å². The molecule has 0 amide bonds. The van der Waals surface area contributed by atoms with Gasteiger partial charge in [-0.15, -0.1) is 0 Å². The lowest BCUT2D eigenvalue weighted by molar-refractivity contribution is 0.779. The maximum Gasteiger partial charge on any atom is 0.0479 e. The summed E-state index contributed by atoms with van der Waals surface area (Å²) in [7, 11) is -0.358. The van der Waals surface area contributed by atoms with Gasteiger partial charge in [0.1, 0.15) is 0 Å². The summed E-state index contributed by atoms with van der Waals surface area (Å²) in [6.45, 7) is 6.96. The summed E-state index contributed by atoms with van der Waals surface area (Å²) in [6, 6.07) is 3.22. The molecule has 0 saturated heterocycles. The Morgan fingerprint density at radius 1 is 0.750 bits per heavy atom. The van der Waals surface area contributed by atoms with E-state index in [1.807, 2.05) is 0 Å². The standard InChI is InChI=1S/C14H32SSi/c1-4-7-10-11-15-14-16(12-8-5-2)13-9-6-3/h16H,4-14H2,1-3H3. The van der Waals surface area contributed by atoms with Crippen LogP contribution in [0.1, 0.15) is 65.7 Å². The monoisotopic (exact) mass is 260 g/mol. The van der Waals surface area contributed by atoms with Gasteiger partial charge in [-0.3, -0.25) is 0 Å². The highest BCUT2D eigenvalue weighted by molar-refractivity contribution is 8.00. The zero-order chi connectivity index (χ0) is 12.1. The molecule has 0 heterocycles. The lowest BCUT2D eigenvalue weighted by Gasteiger charge is -2.14. The van der Waals surface area contributed by atoms with E-state index < -0.39 is 0 Å². The van der Waals surface area contributed by atoms with Crippen LogP contribution in [-0.2, 0) is 0 Å². The number of hydrogen-bond donors (Lipinski definition) is 0. The molecule has 0 aliphatic carbocycles. The van der Waals surface area contributed by atoms with Crippen LogP contribution in [0.25, 0.3) is 0 Å². The molecule has 0 N–H and O–H groups in total. The van der Waals surface area contributed by atoms with Gasteiger partial charge in [-0.05, 0) is 17.5 Å². The largest absolute Gasteiger partial charge is 0.165 e. The van der Waals surface area contributed by atoms with E-state index in [9.17, 15) is 0 Å². The summed E-state index contributed by atoms with van der Waals surface area (Å²) in [4.78, 5) is 0. The molecule has 0 atom stereocenters. The van der Waals surface area contributed by atoms with E-state index in [1.54, 1.807) is 17.5 Å². The fourth-order valence-electron chi connectivity index (χ4n) is 2.00. The second kappa shape index (κ2) is 13.6. The fraction of sp³-hybridized carbons (Fsp3) is 1.00. The van der Waals surface area contributed by atoms with Gasteiger partial charge in [0.05, 0.1) is 0 Å². The van der Waals surface area contributed by atoms with Gasteiger partial charge >= 0.3 is 0 Å². The highest BCUT2D eigenvalue weighted by Crippen LogP contribution is 2.16. The average Bonchev–Trinajstić information content (AvgIpc) is 2.31. The number of rotatable bonds is 12. The second-order valence-electron chi connectivity index (χ2n) is 4.93. The van der Waals surface area contributed by atoms with Gasteiger partial charge in [-0.25, -0.2) is 0 Å². The predicted molar refractivity (Wildman–Crippen MR) is 83.4 cm³/mol. The van der Waals surface area contributed by atoms with Gasteiger partial charge in [0, 0.05) is 8.80 Å². The fourth-order valence-corrected chi connectivity index (χ4v) is 8.00. The third kappa shape index (κ3) is 11.1. The van der Waals surface area contributed by atoms with Crippen LogP contribution in [0.15, 0.2) is 0 Å². The van der Waals surface area contributed by atoms with E-state index >= 15 is 0 Å². The summed E-state index contributed by atoms with van der Waals surface area (Å²) in [5.41, 5.74) is 0. The van der Waals surface area contributed by atoms with E-state index in [0.29, 0.717) is 0 Å². The minimum atomic E-state index is -0.358. The number of thioether (sulfide) groups is 1. The Morgan fingerprint density at radius 2 is 1.31 bits per heavy atom. The Balaban J connectivity index is 3.48. The summed E-state index contributed by atoms with van der Waals surface area (Å²) >= 11 is 2.26. The first-order chi connectivity index (χ1) is 7.85. The molecule has 0 fully saturated rings. The quantitative estimate of drug-likeness (QED) is 0.340. The van der Waals surface area contributed by atoms with Crippen molar-refractivity contribution in [3.8, 4) is 0 Å². The zero-order valence-electron chi connectivity index (χ0n) is 11.8. The Hall–Kier alpha value is 0.567. The van der Waals surface area contributed by atoms with E-state index in [-0.39, 0.29) is 8.80 Å². The highest BCUT2D eigenvalue weighted by atomic mass is 32.2. The smallest absolute Gasteiger partial charge is 0.0479 e. The first-order valence-electron chi connectivity index (χ1n) is 7.42. The van der Waals surface area contributed by atoms with Crippen LogP contribution in [0.3, 0.4) is 0 Å². The van der Waals surface area contributed by atoms with E-state index in [1.165, 1.54) is 50.7 Å². The SMILES string of the molecule is CCCCCSC[SiH](CCCC)CCCC. The minimum Gasteiger partial charge on any atom is -0.165 e. The molecule has 98 valence electrons. The third-order valence-electron chi connectivity index (χ3n) is 3.18. The molecule has 0 radical (unpaired) electrons. The highest BCUT2D eigenvalue weighted by Gasteiger charge is 2.09. The molecule has 0 aliphatic rings. The first kappa shape index (κ1) is 16.6. The molecule has 0 aliphatic heterocycles. The lowest BCUT2D eigenvalue weighted by Crippen LogP contribution is -2.16. The van der Waals surface area contributed by atoms with Crippen molar-refractivity contribution >= 4 is 20.6 Å². The second-order valence-corrected chi connectivity index (χ2v) is 9.97. The Bertz CT molecular complexity index is 120. The van der Waals surface area contributed by atoms with Crippen LogP contribution < -0.4 is 0 Å². The van der Waals surface area contributed by atoms with Crippen molar-refractivity contribution in [1.82, 2.24) is 0 Å². The predicted octanol–water partition coefficient (Wildman–Crippen LogP) is 5.28. The van der Waals surface area contributed by atoms with E-state index in [2.05, 4.69) is 32.5 Å². The Kier molecular flexibility index (Phi) is 14.1. The van der Waals surface area contributed by atoms with Crippen molar-refractivity contribution in [2.45, 2.75) is 77.8 Å². The van der Waals surface area contributed by atoms with Crippen molar-refractivity contribution in [3.63, 3.8) is 0 Å². The third-order valence-corrected chi connectivity index (χ3v) is 9.03. The first-order valence-corrected chi connectivity index (χ1v) is 11.0. The van der Waals surface area contributed by atoms with Gasteiger partial charge in [-0.1, -0.05) is 71.4 Å². The summed E-state index contributed by atoms with van der Waals surface area (Å²) in [5.74, 6) is 1.43. The van der Waals surface area contributed by atoms with Gasteiger partial charge in [0.2, 0.25) is 0 Å². The van der Waals surface area contributed by atoms with Crippen molar-refractivity contribution in [2.75, 3.05) is 11.1 Å². The lowest BCUT2D eigenvalue weighted by atomic mass is 10.3. The minimum absolute atomic E-state index is 0.358. The molecule has 2 heteroatoms. The average molecular weight is 261 g/mol. The molecule has 0 aromatic carbocycles. The summed E-state index contributed by atoms with van der Waals surface area (Å²) < 4.78 is 0. The number of unbranched alkanes of at least 4 members (excludes halogenated alkanes) is 4. The molecule has 0 spiro atoms. The Labute approximate surface area is 110 Å². The van der Waals surface area contributed by atoms with Crippen molar-refractivity contribution in [3.05, 3.63) is 0 Å². The van der Waals surface area contributed by atoms with Crippen LogP contribution in [0.2, 0.25) is 12.1 Å². The zero-order valence-corrected chi connectivity index (χ0v) is 13.7. The van der Waals surface area contributed by atoms with Crippen LogP contribution in [0.5, 0.6) is 0 Å². The van der Waals surface area contributed by atoms with Crippen molar-refractivity contribution in [1.29, 1.82) is 0 Å². The number of hydrogen-bond acceptors (Lipinski definition) is 1. The van der Waals surface area contributed by atoms with Gasteiger partial charge in [0.15, 0.2) is 0 Å². The van der Waals surface area contributed by atoms with E-state index in [0.717, 1.165) is 0 Å². The molecular formula is C14H32SSi. The Morgan fingerprint density at radius 3 is 1.81 bits per heavy atom. The maximum atomic E-state index is 2.33. The molecular weight excluding hydrogens is 228 g/mol. The molecule has 0 saturated carbocycles. The van der Waals surface area contributed by atoms with Gasteiger partial charge in [0.25, 0.3) is 0 Å². The normalized spacial score (nSPS) is 11.2. The summed E-state index contributed by atoms with van der Waals surface area (Å²) in [5, 5.41) is 1.56. The molecule has 16 heavy (non-hydrogen) atoms. The molecule has 0 aromatic rings. The molecule has 0 unspecified atom stereocenters. The van der Waals surface area contributed by atoms with Crippen LogP contribution in [0.4, 0.5) is 0 Å².